The van der Waals surface area contributed by atoms with E-state index in [4.69, 9.17) is 9.47 Å². The number of fused-ring (bicyclic) bond motifs is 1. The molecule has 3 rings (SSSR count). The summed E-state index contributed by atoms with van der Waals surface area (Å²) < 4.78 is 35.8. The molecule has 1 heterocycles. The molecule has 0 radical (unpaired) electrons. The number of sulfonamides is 1. The summed E-state index contributed by atoms with van der Waals surface area (Å²) in [5, 5.41) is 0. The SMILES string of the molecule is O=C(NNS(=O)(=O)c1ccc(Br)cc1)c1ccc2c(c1)OCCO2. The van der Waals surface area contributed by atoms with Gasteiger partial charge in [-0.05, 0) is 42.5 Å². The topological polar surface area (TPSA) is 93.7 Å². The molecule has 1 aliphatic rings. The van der Waals surface area contributed by atoms with Crippen molar-refractivity contribution in [2.24, 2.45) is 0 Å². The maximum atomic E-state index is 12.1. The minimum atomic E-state index is -3.86. The molecule has 2 aromatic carbocycles. The van der Waals surface area contributed by atoms with Crippen molar-refractivity contribution < 1.29 is 22.7 Å². The minimum Gasteiger partial charge on any atom is -0.486 e. The van der Waals surface area contributed by atoms with Gasteiger partial charge in [0.05, 0.1) is 4.90 Å². The Labute approximate surface area is 147 Å². The highest BCUT2D eigenvalue weighted by molar-refractivity contribution is 9.10. The number of carbonyl (C=O) groups is 1. The number of hydrazine groups is 1. The van der Waals surface area contributed by atoms with E-state index < -0.39 is 15.9 Å². The summed E-state index contributed by atoms with van der Waals surface area (Å²) in [6, 6.07) is 10.7. The van der Waals surface area contributed by atoms with Crippen LogP contribution >= 0.6 is 15.9 Å². The summed E-state index contributed by atoms with van der Waals surface area (Å²) in [6.45, 7) is 0.847. The van der Waals surface area contributed by atoms with Gasteiger partial charge in [0.2, 0.25) is 0 Å². The molecule has 0 bridgehead atoms. The van der Waals surface area contributed by atoms with Crippen LogP contribution in [-0.4, -0.2) is 27.5 Å². The summed E-state index contributed by atoms with van der Waals surface area (Å²) in [5.41, 5.74) is 2.42. The van der Waals surface area contributed by atoms with Crippen molar-refractivity contribution in [3.8, 4) is 11.5 Å². The number of hydrogen-bond acceptors (Lipinski definition) is 5. The fraction of sp³-hybridized carbons (Fsp3) is 0.133. The highest BCUT2D eigenvalue weighted by Crippen LogP contribution is 2.30. The van der Waals surface area contributed by atoms with Gasteiger partial charge in [-0.2, -0.15) is 0 Å². The van der Waals surface area contributed by atoms with Crippen LogP contribution in [0, 0.1) is 0 Å². The van der Waals surface area contributed by atoms with Crippen LogP contribution in [0.1, 0.15) is 10.4 Å². The molecule has 0 saturated heterocycles. The zero-order valence-electron chi connectivity index (χ0n) is 12.3. The van der Waals surface area contributed by atoms with E-state index in [1.807, 2.05) is 0 Å². The van der Waals surface area contributed by atoms with Crippen LogP contribution in [0.5, 0.6) is 11.5 Å². The number of hydrogen-bond donors (Lipinski definition) is 2. The number of rotatable bonds is 4. The van der Waals surface area contributed by atoms with Gasteiger partial charge < -0.3 is 9.47 Å². The number of halogens is 1. The van der Waals surface area contributed by atoms with Crippen LogP contribution in [0.3, 0.4) is 0 Å². The van der Waals surface area contributed by atoms with Gasteiger partial charge in [-0.3, -0.25) is 10.2 Å². The molecule has 126 valence electrons. The molecule has 2 N–H and O–H groups in total. The maximum Gasteiger partial charge on any atom is 0.266 e. The second kappa shape index (κ2) is 6.80. The molecule has 0 unspecified atom stereocenters. The number of benzene rings is 2. The molecule has 0 atom stereocenters. The lowest BCUT2D eigenvalue weighted by molar-refractivity contribution is 0.0944. The third-order valence-corrected chi connectivity index (χ3v) is 5.02. The standard InChI is InChI=1S/C15H13BrN2O5S/c16-11-2-4-12(5-3-11)24(20,21)18-17-15(19)10-1-6-13-14(9-10)23-8-7-22-13/h1-6,9,18H,7-8H2,(H,17,19). The van der Waals surface area contributed by atoms with Crippen molar-refractivity contribution in [3.05, 3.63) is 52.5 Å². The van der Waals surface area contributed by atoms with E-state index in [1.165, 1.54) is 24.3 Å². The Balaban J connectivity index is 1.70. The van der Waals surface area contributed by atoms with Crippen molar-refractivity contribution in [1.29, 1.82) is 0 Å². The Hall–Kier alpha value is -2.10. The molecule has 0 saturated carbocycles. The second-order valence-corrected chi connectivity index (χ2v) is 7.47. The third kappa shape index (κ3) is 3.69. The summed E-state index contributed by atoms with van der Waals surface area (Å²) in [6.07, 6.45) is 0. The van der Waals surface area contributed by atoms with Crippen LogP contribution in [0.2, 0.25) is 0 Å². The van der Waals surface area contributed by atoms with E-state index in [0.29, 0.717) is 24.7 Å². The van der Waals surface area contributed by atoms with Crippen molar-refractivity contribution in [1.82, 2.24) is 10.3 Å². The summed E-state index contributed by atoms with van der Waals surface area (Å²) >= 11 is 3.23. The lowest BCUT2D eigenvalue weighted by Crippen LogP contribution is -2.41. The predicted octanol–water partition coefficient (Wildman–Crippen LogP) is 1.84. The van der Waals surface area contributed by atoms with Crippen molar-refractivity contribution in [2.45, 2.75) is 4.90 Å². The molecular weight excluding hydrogens is 400 g/mol. The van der Waals surface area contributed by atoms with Gasteiger partial charge in [-0.15, -0.1) is 4.83 Å². The molecule has 24 heavy (non-hydrogen) atoms. The summed E-state index contributed by atoms with van der Waals surface area (Å²) in [5.74, 6) is 0.394. The summed E-state index contributed by atoms with van der Waals surface area (Å²) in [4.78, 5) is 14.2. The Morgan fingerprint density at radius 1 is 1.00 bits per heavy atom. The van der Waals surface area contributed by atoms with E-state index in [0.717, 1.165) is 4.47 Å². The third-order valence-electron chi connectivity index (χ3n) is 3.23. The van der Waals surface area contributed by atoms with Gasteiger partial charge in [-0.25, -0.2) is 8.42 Å². The first-order chi connectivity index (χ1) is 11.5. The van der Waals surface area contributed by atoms with Crippen LogP contribution < -0.4 is 19.7 Å². The fourth-order valence-corrected chi connectivity index (χ4v) is 3.15. The van der Waals surface area contributed by atoms with Crippen molar-refractivity contribution in [3.63, 3.8) is 0 Å². The first-order valence-electron chi connectivity index (χ1n) is 6.93. The molecule has 0 fully saturated rings. The average molecular weight is 413 g/mol. The van der Waals surface area contributed by atoms with Crippen LogP contribution in [0.15, 0.2) is 51.8 Å². The number of nitrogens with one attached hydrogen (secondary N) is 2. The monoisotopic (exact) mass is 412 g/mol. The quantitative estimate of drug-likeness (QED) is 0.747. The molecule has 0 spiro atoms. The van der Waals surface area contributed by atoms with E-state index in [-0.39, 0.29) is 10.5 Å². The Morgan fingerprint density at radius 2 is 1.67 bits per heavy atom. The largest absolute Gasteiger partial charge is 0.486 e. The highest BCUT2D eigenvalue weighted by Gasteiger charge is 2.18. The van der Waals surface area contributed by atoms with Crippen LogP contribution in [-0.2, 0) is 10.0 Å². The van der Waals surface area contributed by atoms with Gasteiger partial charge in [0, 0.05) is 10.0 Å². The van der Waals surface area contributed by atoms with Crippen LogP contribution in [0.4, 0.5) is 0 Å². The maximum absolute atomic E-state index is 12.1. The normalized spacial score (nSPS) is 13.4. The molecule has 2 aromatic rings. The number of amides is 1. The number of carbonyl (C=O) groups excluding carboxylic acids is 1. The van der Waals surface area contributed by atoms with Gasteiger partial charge in [-0.1, -0.05) is 15.9 Å². The van der Waals surface area contributed by atoms with E-state index in [1.54, 1.807) is 18.2 Å². The molecule has 0 aliphatic carbocycles. The summed E-state index contributed by atoms with van der Waals surface area (Å²) in [7, 11) is -3.86. The lowest BCUT2D eigenvalue weighted by Gasteiger charge is -2.18. The van der Waals surface area contributed by atoms with Crippen molar-refractivity contribution in [2.75, 3.05) is 13.2 Å². The van der Waals surface area contributed by atoms with E-state index >= 15 is 0 Å². The Kier molecular flexibility index (Phi) is 4.74. The lowest BCUT2D eigenvalue weighted by atomic mass is 10.2. The van der Waals surface area contributed by atoms with Gasteiger partial charge in [0.15, 0.2) is 11.5 Å². The predicted molar refractivity (Wildman–Crippen MR) is 89.4 cm³/mol. The van der Waals surface area contributed by atoms with Gasteiger partial charge >= 0.3 is 0 Å². The molecule has 9 heteroatoms. The Bertz CT molecular complexity index is 868. The highest BCUT2D eigenvalue weighted by atomic mass is 79.9. The second-order valence-electron chi connectivity index (χ2n) is 4.87. The average Bonchev–Trinajstić information content (AvgIpc) is 2.59. The zero-order chi connectivity index (χ0) is 17.2. The first-order valence-corrected chi connectivity index (χ1v) is 9.21. The number of ether oxygens (including phenoxy) is 2. The molecule has 7 nitrogen and oxygen atoms in total. The zero-order valence-corrected chi connectivity index (χ0v) is 14.7. The first kappa shape index (κ1) is 16.7. The van der Waals surface area contributed by atoms with Crippen LogP contribution in [0.25, 0.3) is 0 Å². The molecule has 1 aliphatic heterocycles. The van der Waals surface area contributed by atoms with E-state index in [9.17, 15) is 13.2 Å². The van der Waals surface area contributed by atoms with Gasteiger partial charge in [0.1, 0.15) is 13.2 Å². The molecular formula is C15H13BrN2O5S. The minimum absolute atomic E-state index is 0.0353. The molecule has 1 amide bonds. The smallest absolute Gasteiger partial charge is 0.266 e. The van der Waals surface area contributed by atoms with Crippen molar-refractivity contribution >= 4 is 31.9 Å². The van der Waals surface area contributed by atoms with E-state index in [2.05, 4.69) is 26.2 Å². The fourth-order valence-electron chi connectivity index (χ4n) is 2.04. The Morgan fingerprint density at radius 3 is 2.38 bits per heavy atom. The van der Waals surface area contributed by atoms with Gasteiger partial charge in [0.25, 0.3) is 15.9 Å². The molecule has 0 aromatic heterocycles.